The highest BCUT2D eigenvalue weighted by atomic mass is 16.3. The second-order valence-corrected chi connectivity index (χ2v) is 4.44. The minimum atomic E-state index is 0.719. The van der Waals surface area contributed by atoms with Crippen molar-refractivity contribution in [3.05, 3.63) is 66.1 Å². The topological polar surface area (TPSA) is 25.2 Å². The van der Waals surface area contributed by atoms with Gasteiger partial charge in [-0.15, -0.1) is 0 Å². The Bertz CT molecular complexity index is 669. The van der Waals surface area contributed by atoms with Crippen LogP contribution in [0.5, 0.6) is 0 Å². The van der Waals surface area contributed by atoms with Gasteiger partial charge in [0.05, 0.1) is 12.8 Å². The van der Waals surface area contributed by atoms with Crippen LogP contribution in [0, 0.1) is 6.92 Å². The average molecular weight is 237 g/mol. The number of hydrogen-bond donors (Lipinski definition) is 1. The van der Waals surface area contributed by atoms with E-state index in [1.807, 2.05) is 6.07 Å². The van der Waals surface area contributed by atoms with Gasteiger partial charge in [0, 0.05) is 5.69 Å². The van der Waals surface area contributed by atoms with Crippen molar-refractivity contribution in [3.63, 3.8) is 0 Å². The van der Waals surface area contributed by atoms with Crippen molar-refractivity contribution >= 4 is 16.5 Å². The maximum Gasteiger partial charge on any atom is 0.125 e. The van der Waals surface area contributed by atoms with Gasteiger partial charge in [-0.3, -0.25) is 0 Å². The lowest BCUT2D eigenvalue weighted by Gasteiger charge is -2.06. The number of aryl methyl sites for hydroxylation is 1. The minimum absolute atomic E-state index is 0.719. The summed E-state index contributed by atoms with van der Waals surface area (Å²) in [5.74, 6) is 0.989. The SMILES string of the molecule is Cc1ccoc1CNc1ccc2ccccc2c1. The van der Waals surface area contributed by atoms with Crippen molar-refractivity contribution in [2.75, 3.05) is 5.32 Å². The van der Waals surface area contributed by atoms with Crippen molar-refractivity contribution in [2.45, 2.75) is 13.5 Å². The maximum absolute atomic E-state index is 5.41. The molecule has 3 aromatic rings. The lowest BCUT2D eigenvalue weighted by molar-refractivity contribution is 0.515. The van der Waals surface area contributed by atoms with E-state index in [0.717, 1.165) is 18.0 Å². The van der Waals surface area contributed by atoms with E-state index in [2.05, 4.69) is 54.7 Å². The Labute approximate surface area is 106 Å². The molecule has 0 atom stereocenters. The molecule has 0 amide bonds. The molecule has 90 valence electrons. The average Bonchev–Trinajstić information content (AvgIpc) is 2.82. The molecular formula is C16H15NO. The molecule has 1 aromatic heterocycles. The highest BCUT2D eigenvalue weighted by Gasteiger charge is 2.01. The van der Waals surface area contributed by atoms with Gasteiger partial charge < -0.3 is 9.73 Å². The lowest BCUT2D eigenvalue weighted by atomic mass is 10.1. The van der Waals surface area contributed by atoms with Gasteiger partial charge in [-0.05, 0) is 41.5 Å². The second-order valence-electron chi connectivity index (χ2n) is 4.44. The second kappa shape index (κ2) is 4.57. The molecule has 18 heavy (non-hydrogen) atoms. The molecule has 0 unspecified atom stereocenters. The fourth-order valence-corrected chi connectivity index (χ4v) is 2.07. The Balaban J connectivity index is 1.81. The molecule has 2 heteroatoms. The molecule has 0 aliphatic carbocycles. The molecule has 0 aliphatic rings. The summed E-state index contributed by atoms with van der Waals surface area (Å²) in [6, 6.07) is 16.7. The number of benzene rings is 2. The summed E-state index contributed by atoms with van der Waals surface area (Å²) >= 11 is 0. The molecule has 1 heterocycles. The van der Waals surface area contributed by atoms with Crippen LogP contribution in [0.1, 0.15) is 11.3 Å². The van der Waals surface area contributed by atoms with Gasteiger partial charge in [-0.2, -0.15) is 0 Å². The first-order valence-electron chi connectivity index (χ1n) is 6.08. The van der Waals surface area contributed by atoms with Gasteiger partial charge >= 0.3 is 0 Å². The van der Waals surface area contributed by atoms with Gasteiger partial charge in [0.15, 0.2) is 0 Å². The fraction of sp³-hybridized carbons (Fsp3) is 0.125. The third-order valence-corrected chi connectivity index (χ3v) is 3.17. The lowest BCUT2D eigenvalue weighted by Crippen LogP contribution is -1.99. The minimum Gasteiger partial charge on any atom is -0.467 e. The summed E-state index contributed by atoms with van der Waals surface area (Å²) in [6.07, 6.45) is 1.73. The van der Waals surface area contributed by atoms with E-state index in [1.165, 1.54) is 16.3 Å². The molecule has 0 radical (unpaired) electrons. The Hall–Kier alpha value is -2.22. The van der Waals surface area contributed by atoms with E-state index in [9.17, 15) is 0 Å². The van der Waals surface area contributed by atoms with Gasteiger partial charge in [0.25, 0.3) is 0 Å². The Morgan fingerprint density at radius 3 is 2.61 bits per heavy atom. The largest absolute Gasteiger partial charge is 0.467 e. The van der Waals surface area contributed by atoms with Gasteiger partial charge in [-0.1, -0.05) is 30.3 Å². The predicted molar refractivity (Wildman–Crippen MR) is 74.7 cm³/mol. The van der Waals surface area contributed by atoms with Crippen LogP contribution in [0.2, 0.25) is 0 Å². The van der Waals surface area contributed by atoms with E-state index < -0.39 is 0 Å². The Morgan fingerprint density at radius 1 is 1.00 bits per heavy atom. The van der Waals surface area contributed by atoms with Crippen LogP contribution in [0.3, 0.4) is 0 Å². The monoisotopic (exact) mass is 237 g/mol. The molecule has 0 bridgehead atoms. The normalized spacial score (nSPS) is 10.7. The van der Waals surface area contributed by atoms with Crippen LogP contribution >= 0.6 is 0 Å². The van der Waals surface area contributed by atoms with E-state index >= 15 is 0 Å². The van der Waals surface area contributed by atoms with Crippen molar-refractivity contribution < 1.29 is 4.42 Å². The number of anilines is 1. The van der Waals surface area contributed by atoms with E-state index in [-0.39, 0.29) is 0 Å². The third-order valence-electron chi connectivity index (χ3n) is 3.17. The van der Waals surface area contributed by atoms with Crippen LogP contribution < -0.4 is 5.32 Å². The number of furan rings is 1. The Kier molecular flexibility index (Phi) is 2.77. The summed E-state index contributed by atoms with van der Waals surface area (Å²) in [4.78, 5) is 0. The van der Waals surface area contributed by atoms with E-state index in [4.69, 9.17) is 4.42 Å². The quantitative estimate of drug-likeness (QED) is 0.732. The summed E-state index contributed by atoms with van der Waals surface area (Å²) < 4.78 is 5.41. The fourth-order valence-electron chi connectivity index (χ4n) is 2.07. The standard InChI is InChI=1S/C16H15NO/c1-12-8-9-18-16(12)11-17-15-7-6-13-4-2-3-5-14(13)10-15/h2-10,17H,11H2,1H3. The number of nitrogens with one attached hydrogen (secondary N) is 1. The summed E-state index contributed by atoms with van der Waals surface area (Å²) in [5.41, 5.74) is 2.30. The van der Waals surface area contributed by atoms with Gasteiger partial charge in [-0.25, -0.2) is 0 Å². The van der Waals surface area contributed by atoms with Crippen molar-refractivity contribution in [3.8, 4) is 0 Å². The van der Waals surface area contributed by atoms with Crippen LogP contribution in [-0.4, -0.2) is 0 Å². The van der Waals surface area contributed by atoms with E-state index in [1.54, 1.807) is 6.26 Å². The number of rotatable bonds is 3. The van der Waals surface area contributed by atoms with E-state index in [0.29, 0.717) is 0 Å². The predicted octanol–water partition coefficient (Wildman–Crippen LogP) is 4.35. The zero-order valence-electron chi connectivity index (χ0n) is 10.3. The first-order valence-corrected chi connectivity index (χ1v) is 6.08. The molecule has 2 aromatic carbocycles. The van der Waals surface area contributed by atoms with Gasteiger partial charge in [0.2, 0.25) is 0 Å². The number of fused-ring (bicyclic) bond motifs is 1. The molecule has 3 rings (SSSR count). The van der Waals surface area contributed by atoms with Crippen molar-refractivity contribution in [1.82, 2.24) is 0 Å². The summed E-state index contributed by atoms with van der Waals surface area (Å²) in [7, 11) is 0. The van der Waals surface area contributed by atoms with Crippen molar-refractivity contribution in [1.29, 1.82) is 0 Å². The summed E-state index contributed by atoms with van der Waals surface area (Å²) in [5, 5.41) is 5.90. The summed E-state index contributed by atoms with van der Waals surface area (Å²) in [6.45, 7) is 2.78. The first-order chi connectivity index (χ1) is 8.83. The zero-order valence-corrected chi connectivity index (χ0v) is 10.3. The van der Waals surface area contributed by atoms with Crippen LogP contribution in [-0.2, 0) is 6.54 Å². The zero-order chi connectivity index (χ0) is 12.4. The first kappa shape index (κ1) is 10.9. The highest BCUT2D eigenvalue weighted by Crippen LogP contribution is 2.20. The van der Waals surface area contributed by atoms with Gasteiger partial charge in [0.1, 0.15) is 5.76 Å². The third kappa shape index (κ3) is 2.09. The van der Waals surface area contributed by atoms with Crippen LogP contribution in [0.15, 0.2) is 59.2 Å². The smallest absolute Gasteiger partial charge is 0.125 e. The van der Waals surface area contributed by atoms with Crippen LogP contribution in [0.25, 0.3) is 10.8 Å². The number of hydrogen-bond acceptors (Lipinski definition) is 2. The molecule has 0 saturated carbocycles. The molecule has 1 N–H and O–H groups in total. The Morgan fingerprint density at radius 2 is 1.83 bits per heavy atom. The van der Waals surface area contributed by atoms with Crippen molar-refractivity contribution in [2.24, 2.45) is 0 Å². The molecule has 0 spiro atoms. The molecular weight excluding hydrogens is 222 g/mol. The molecule has 0 aliphatic heterocycles. The highest BCUT2D eigenvalue weighted by molar-refractivity contribution is 5.85. The molecule has 0 saturated heterocycles. The molecule has 2 nitrogen and oxygen atoms in total. The van der Waals surface area contributed by atoms with Crippen LogP contribution in [0.4, 0.5) is 5.69 Å². The maximum atomic E-state index is 5.41. The molecule has 0 fully saturated rings.